The second-order valence-electron chi connectivity index (χ2n) is 4.26. The minimum atomic E-state index is -3.51. The molecular weight excluding hydrogens is 339 g/mol. The highest BCUT2D eigenvalue weighted by Gasteiger charge is 2.22. The van der Waals surface area contributed by atoms with Crippen molar-refractivity contribution in [1.82, 2.24) is 0 Å². The maximum Gasteiger partial charge on any atom is 0.309 e. The molecular formula is C12H14BrFO4S. The number of halogens is 2. The normalized spacial score (nSPS) is 13.1. The number of rotatable bonds is 5. The zero-order valence-electron chi connectivity index (χ0n) is 10.5. The third-order valence-electron chi connectivity index (χ3n) is 2.42. The van der Waals surface area contributed by atoms with Crippen LogP contribution in [0.15, 0.2) is 22.7 Å². The van der Waals surface area contributed by atoms with Gasteiger partial charge in [-0.25, -0.2) is 12.8 Å². The molecule has 1 rings (SSSR count). The van der Waals surface area contributed by atoms with Gasteiger partial charge in [0.05, 0.1) is 24.5 Å². The summed E-state index contributed by atoms with van der Waals surface area (Å²) in [5.74, 6) is -2.48. The third-order valence-corrected chi connectivity index (χ3v) is 4.66. The first-order chi connectivity index (χ1) is 8.73. The van der Waals surface area contributed by atoms with Crippen molar-refractivity contribution in [1.29, 1.82) is 0 Å². The average Bonchev–Trinajstić information content (AvgIpc) is 2.24. The molecule has 0 bridgehead atoms. The molecule has 7 heteroatoms. The minimum absolute atomic E-state index is 0.315. The van der Waals surface area contributed by atoms with Crippen LogP contribution in [0.2, 0.25) is 0 Å². The molecule has 1 aromatic carbocycles. The highest BCUT2D eigenvalue weighted by Crippen LogP contribution is 2.18. The molecule has 0 fully saturated rings. The fourth-order valence-electron chi connectivity index (χ4n) is 1.66. The highest BCUT2D eigenvalue weighted by atomic mass is 79.9. The molecule has 0 amide bonds. The molecule has 1 unspecified atom stereocenters. The number of esters is 1. The van der Waals surface area contributed by atoms with Crippen molar-refractivity contribution in [2.45, 2.75) is 12.7 Å². The van der Waals surface area contributed by atoms with Gasteiger partial charge in [-0.3, -0.25) is 4.79 Å². The van der Waals surface area contributed by atoms with Crippen molar-refractivity contribution < 1.29 is 22.3 Å². The van der Waals surface area contributed by atoms with Gasteiger partial charge in [0.2, 0.25) is 0 Å². The fourth-order valence-corrected chi connectivity index (χ4v) is 3.86. The Labute approximate surface area is 120 Å². The Hall–Kier alpha value is -0.950. The van der Waals surface area contributed by atoms with E-state index in [0.717, 1.165) is 6.07 Å². The van der Waals surface area contributed by atoms with Crippen molar-refractivity contribution in [3.8, 4) is 0 Å². The van der Waals surface area contributed by atoms with Gasteiger partial charge in [-0.05, 0) is 23.8 Å². The van der Waals surface area contributed by atoms with Crippen molar-refractivity contribution >= 4 is 31.7 Å². The van der Waals surface area contributed by atoms with Crippen molar-refractivity contribution in [3.63, 3.8) is 0 Å². The summed E-state index contributed by atoms with van der Waals surface area (Å²) < 4.78 is 41.9. The first-order valence-electron chi connectivity index (χ1n) is 5.47. The Morgan fingerprint density at radius 3 is 2.58 bits per heavy atom. The molecule has 0 spiro atoms. The number of carbonyl (C=O) groups excluding carboxylic acids is 1. The van der Waals surface area contributed by atoms with Gasteiger partial charge < -0.3 is 4.74 Å². The number of carbonyl (C=O) groups is 1. The first-order valence-corrected chi connectivity index (χ1v) is 8.08. The van der Waals surface area contributed by atoms with Crippen LogP contribution in [0.25, 0.3) is 0 Å². The zero-order chi connectivity index (χ0) is 14.6. The van der Waals surface area contributed by atoms with E-state index in [4.69, 9.17) is 0 Å². The van der Waals surface area contributed by atoms with Crippen LogP contribution in [-0.2, 0) is 25.1 Å². The quantitative estimate of drug-likeness (QED) is 0.763. The summed E-state index contributed by atoms with van der Waals surface area (Å²) in [6, 6.07) is 3.93. The molecule has 0 aliphatic carbocycles. The molecule has 106 valence electrons. The van der Waals surface area contributed by atoms with Gasteiger partial charge in [0.1, 0.15) is 5.82 Å². The molecule has 0 radical (unpaired) electrons. The molecule has 19 heavy (non-hydrogen) atoms. The largest absolute Gasteiger partial charge is 0.469 e. The zero-order valence-corrected chi connectivity index (χ0v) is 12.9. The second-order valence-corrected chi connectivity index (χ2v) is 7.28. The number of benzene rings is 1. The Balaban J connectivity index is 2.82. The van der Waals surface area contributed by atoms with Gasteiger partial charge in [-0.1, -0.05) is 22.9 Å². The van der Waals surface area contributed by atoms with Gasteiger partial charge in [-0.15, -0.1) is 0 Å². The van der Waals surface area contributed by atoms with Gasteiger partial charge in [-0.2, -0.15) is 0 Å². The highest BCUT2D eigenvalue weighted by molar-refractivity contribution is 9.10. The fraction of sp³-hybridized carbons (Fsp3) is 0.417. The van der Waals surface area contributed by atoms with E-state index in [1.165, 1.54) is 26.2 Å². The van der Waals surface area contributed by atoms with E-state index in [0.29, 0.717) is 10.0 Å². The van der Waals surface area contributed by atoms with Crippen molar-refractivity contribution in [3.05, 3.63) is 34.1 Å². The number of hydrogen-bond donors (Lipinski definition) is 0. The SMILES string of the molecule is COC(=O)C(C)CS(=O)(=O)Cc1cc(F)cc(Br)c1. The topological polar surface area (TPSA) is 60.4 Å². The van der Waals surface area contributed by atoms with Crippen LogP contribution in [0.4, 0.5) is 4.39 Å². The molecule has 0 aromatic heterocycles. The maximum atomic E-state index is 13.1. The van der Waals surface area contributed by atoms with Gasteiger partial charge in [0.25, 0.3) is 0 Å². The van der Waals surface area contributed by atoms with Crippen molar-refractivity contribution in [2.75, 3.05) is 12.9 Å². The molecule has 0 N–H and O–H groups in total. The lowest BCUT2D eigenvalue weighted by Crippen LogP contribution is -2.23. The summed E-state index contributed by atoms with van der Waals surface area (Å²) in [7, 11) is -2.31. The van der Waals surface area contributed by atoms with Crippen molar-refractivity contribution in [2.24, 2.45) is 5.92 Å². The lowest BCUT2D eigenvalue weighted by molar-refractivity contribution is -0.144. The Morgan fingerprint density at radius 1 is 1.42 bits per heavy atom. The predicted octanol–water partition coefficient (Wildman–Crippen LogP) is 2.31. The number of sulfone groups is 1. The Morgan fingerprint density at radius 2 is 2.05 bits per heavy atom. The summed E-state index contributed by atoms with van der Waals surface area (Å²) >= 11 is 3.10. The van der Waals surface area contributed by atoms with E-state index in [-0.39, 0.29) is 11.5 Å². The van der Waals surface area contributed by atoms with Crippen LogP contribution in [0.5, 0.6) is 0 Å². The lowest BCUT2D eigenvalue weighted by atomic mass is 10.2. The smallest absolute Gasteiger partial charge is 0.309 e. The van der Waals surface area contributed by atoms with E-state index in [1.807, 2.05) is 0 Å². The van der Waals surface area contributed by atoms with Crippen LogP contribution in [0.3, 0.4) is 0 Å². The molecule has 0 saturated heterocycles. The summed E-state index contributed by atoms with van der Waals surface area (Å²) in [6.07, 6.45) is 0. The minimum Gasteiger partial charge on any atom is -0.469 e. The maximum absolute atomic E-state index is 13.1. The third kappa shape index (κ3) is 5.28. The monoisotopic (exact) mass is 352 g/mol. The van der Waals surface area contributed by atoms with Crippen LogP contribution >= 0.6 is 15.9 Å². The summed E-state index contributed by atoms with van der Waals surface area (Å²) in [5.41, 5.74) is 0.337. The van der Waals surface area contributed by atoms with Crippen LogP contribution in [-0.4, -0.2) is 27.2 Å². The predicted molar refractivity (Wildman–Crippen MR) is 72.8 cm³/mol. The van der Waals surface area contributed by atoms with E-state index < -0.39 is 27.5 Å². The molecule has 0 aliphatic rings. The Bertz CT molecular complexity index is 551. The van der Waals surface area contributed by atoms with E-state index >= 15 is 0 Å². The van der Waals surface area contributed by atoms with Gasteiger partial charge in [0, 0.05) is 4.47 Å². The van der Waals surface area contributed by atoms with Crippen LogP contribution < -0.4 is 0 Å². The first kappa shape index (κ1) is 16.1. The molecule has 4 nitrogen and oxygen atoms in total. The summed E-state index contributed by atoms with van der Waals surface area (Å²) in [5, 5.41) is 0. The molecule has 0 saturated carbocycles. The molecule has 1 aromatic rings. The Kier molecular flexibility index (Phi) is 5.49. The van der Waals surface area contributed by atoms with Gasteiger partial charge in [0.15, 0.2) is 9.84 Å². The van der Waals surface area contributed by atoms with E-state index in [1.54, 1.807) is 0 Å². The van der Waals surface area contributed by atoms with E-state index in [9.17, 15) is 17.6 Å². The van der Waals surface area contributed by atoms with Crippen LogP contribution in [0.1, 0.15) is 12.5 Å². The average molecular weight is 353 g/mol. The molecule has 0 heterocycles. The van der Waals surface area contributed by atoms with Crippen LogP contribution in [0, 0.1) is 11.7 Å². The summed E-state index contributed by atoms with van der Waals surface area (Å²) in [6.45, 7) is 1.48. The number of hydrogen-bond acceptors (Lipinski definition) is 4. The summed E-state index contributed by atoms with van der Waals surface area (Å²) in [4.78, 5) is 11.2. The van der Waals surface area contributed by atoms with Gasteiger partial charge >= 0.3 is 5.97 Å². The number of methoxy groups -OCH3 is 1. The number of ether oxygens (including phenoxy) is 1. The lowest BCUT2D eigenvalue weighted by Gasteiger charge is -2.10. The standard InChI is InChI=1S/C12H14BrFO4S/c1-8(12(15)18-2)6-19(16,17)7-9-3-10(13)5-11(14)4-9/h3-5,8H,6-7H2,1-2H3. The second kappa shape index (κ2) is 6.47. The molecule has 1 atom stereocenters. The van der Waals surface area contributed by atoms with E-state index in [2.05, 4.69) is 20.7 Å². The molecule has 0 aliphatic heterocycles.